The topological polar surface area (TPSA) is 61.4 Å². The molecule has 3 atom stereocenters. The molecule has 0 saturated carbocycles. The molecule has 6 heteroatoms. The van der Waals surface area contributed by atoms with Crippen LogP contribution in [0.15, 0.2) is 0 Å². The van der Waals surface area contributed by atoms with Gasteiger partial charge in [0.2, 0.25) is 11.8 Å². The van der Waals surface area contributed by atoms with Crippen molar-refractivity contribution in [2.45, 2.75) is 58.4 Å². The predicted octanol–water partition coefficient (Wildman–Crippen LogP) is 1.95. The Balaban J connectivity index is 0.00000264. The zero-order valence-electron chi connectivity index (χ0n) is 14.5. The van der Waals surface area contributed by atoms with Crippen LogP contribution in [0.5, 0.6) is 0 Å². The summed E-state index contributed by atoms with van der Waals surface area (Å²) in [7, 11) is 0. The van der Waals surface area contributed by atoms with E-state index in [0.717, 1.165) is 58.2 Å². The molecule has 0 radical (unpaired) electrons. The fourth-order valence-corrected chi connectivity index (χ4v) is 3.58. The van der Waals surface area contributed by atoms with Gasteiger partial charge in [-0.3, -0.25) is 9.59 Å². The summed E-state index contributed by atoms with van der Waals surface area (Å²) in [4.78, 5) is 26.5. The number of carbonyl (C=O) groups excluding carboxylic acids is 2. The zero-order chi connectivity index (χ0) is 15.9. The summed E-state index contributed by atoms with van der Waals surface area (Å²) >= 11 is 0. The van der Waals surface area contributed by atoms with Gasteiger partial charge in [-0.05, 0) is 44.6 Å². The molecule has 3 unspecified atom stereocenters. The van der Waals surface area contributed by atoms with Gasteiger partial charge in [0, 0.05) is 25.6 Å². The summed E-state index contributed by atoms with van der Waals surface area (Å²) < 4.78 is 0. The molecule has 0 bridgehead atoms. The lowest BCUT2D eigenvalue weighted by Crippen LogP contribution is -2.47. The third-order valence-corrected chi connectivity index (χ3v) is 4.92. The van der Waals surface area contributed by atoms with Crippen LogP contribution in [0.3, 0.4) is 0 Å². The third-order valence-electron chi connectivity index (χ3n) is 4.92. The van der Waals surface area contributed by atoms with Crippen LogP contribution in [0.1, 0.15) is 52.4 Å². The molecule has 134 valence electrons. The number of amides is 2. The summed E-state index contributed by atoms with van der Waals surface area (Å²) in [6, 6.07) is -0.00842. The molecule has 0 aromatic heterocycles. The maximum atomic E-state index is 12.4. The normalized spacial score (nSPS) is 25.6. The van der Waals surface area contributed by atoms with Crippen molar-refractivity contribution in [1.82, 2.24) is 15.5 Å². The maximum absolute atomic E-state index is 12.4. The van der Waals surface area contributed by atoms with Gasteiger partial charge < -0.3 is 15.5 Å². The molecule has 2 saturated heterocycles. The van der Waals surface area contributed by atoms with E-state index in [0.29, 0.717) is 12.5 Å². The van der Waals surface area contributed by atoms with E-state index >= 15 is 0 Å². The lowest BCUT2D eigenvalue weighted by atomic mass is 9.95. The molecule has 2 amide bonds. The number of nitrogens with one attached hydrogen (secondary N) is 2. The number of hydrogen-bond acceptors (Lipinski definition) is 3. The van der Waals surface area contributed by atoms with Gasteiger partial charge in [0.25, 0.3) is 0 Å². The number of likely N-dealkylation sites (tertiary alicyclic amines) is 1. The first kappa shape index (κ1) is 20.2. The van der Waals surface area contributed by atoms with E-state index in [1.54, 1.807) is 0 Å². The van der Waals surface area contributed by atoms with E-state index in [1.165, 1.54) is 0 Å². The van der Waals surface area contributed by atoms with Crippen molar-refractivity contribution in [1.29, 1.82) is 0 Å². The maximum Gasteiger partial charge on any atom is 0.237 e. The first-order valence-corrected chi connectivity index (χ1v) is 8.91. The van der Waals surface area contributed by atoms with Crippen molar-refractivity contribution in [2.75, 3.05) is 26.2 Å². The van der Waals surface area contributed by atoms with Crippen molar-refractivity contribution in [3.8, 4) is 0 Å². The summed E-state index contributed by atoms with van der Waals surface area (Å²) in [6.07, 6.45) is 6.19. The van der Waals surface area contributed by atoms with Gasteiger partial charge in [-0.15, -0.1) is 12.4 Å². The highest BCUT2D eigenvalue weighted by molar-refractivity contribution is 5.85. The van der Waals surface area contributed by atoms with Crippen LogP contribution < -0.4 is 10.6 Å². The van der Waals surface area contributed by atoms with E-state index in [-0.39, 0.29) is 36.2 Å². The molecule has 2 aliphatic heterocycles. The first-order valence-electron chi connectivity index (χ1n) is 8.91. The Morgan fingerprint density at radius 3 is 2.74 bits per heavy atom. The van der Waals surface area contributed by atoms with Crippen molar-refractivity contribution < 1.29 is 9.59 Å². The Morgan fingerprint density at radius 2 is 2.09 bits per heavy atom. The number of nitrogens with zero attached hydrogens (tertiary/aromatic N) is 1. The molecule has 5 nitrogen and oxygen atoms in total. The number of carbonyl (C=O) groups is 2. The molecule has 2 aliphatic rings. The van der Waals surface area contributed by atoms with Crippen molar-refractivity contribution >= 4 is 24.2 Å². The summed E-state index contributed by atoms with van der Waals surface area (Å²) in [5.74, 6) is 0.938. The van der Waals surface area contributed by atoms with E-state index < -0.39 is 0 Å². The number of halogens is 1. The van der Waals surface area contributed by atoms with E-state index in [2.05, 4.69) is 17.6 Å². The van der Waals surface area contributed by atoms with Crippen molar-refractivity contribution in [3.05, 3.63) is 0 Å². The smallest absolute Gasteiger partial charge is 0.237 e. The van der Waals surface area contributed by atoms with Crippen LogP contribution in [-0.4, -0.2) is 48.9 Å². The molecule has 0 aliphatic carbocycles. The standard InChI is InChI=1S/C17H31N3O2.ClH/c1-3-6-13(2)17(22)20-10-5-7-14(12-20)11-19-16(21)15-8-4-9-18-15;/h13-15,18H,3-12H2,1-2H3,(H,19,21);1H. The molecule has 2 fully saturated rings. The highest BCUT2D eigenvalue weighted by Crippen LogP contribution is 2.19. The molecule has 2 N–H and O–H groups in total. The molecule has 2 heterocycles. The van der Waals surface area contributed by atoms with Crippen LogP contribution >= 0.6 is 12.4 Å². The van der Waals surface area contributed by atoms with Crippen LogP contribution in [0.25, 0.3) is 0 Å². The van der Waals surface area contributed by atoms with Crippen LogP contribution in [-0.2, 0) is 9.59 Å². The molecule has 0 spiro atoms. The van der Waals surface area contributed by atoms with E-state index in [4.69, 9.17) is 0 Å². The quantitative estimate of drug-likeness (QED) is 0.773. The van der Waals surface area contributed by atoms with Gasteiger partial charge >= 0.3 is 0 Å². The van der Waals surface area contributed by atoms with Crippen LogP contribution in [0.4, 0.5) is 0 Å². The molecule has 23 heavy (non-hydrogen) atoms. The second-order valence-corrected chi connectivity index (χ2v) is 6.88. The summed E-state index contributed by atoms with van der Waals surface area (Å²) in [5.41, 5.74) is 0. The molecule has 0 aromatic carbocycles. The lowest BCUT2D eigenvalue weighted by Gasteiger charge is -2.34. The van der Waals surface area contributed by atoms with Crippen LogP contribution in [0, 0.1) is 11.8 Å². The van der Waals surface area contributed by atoms with Gasteiger partial charge in [-0.1, -0.05) is 20.3 Å². The number of hydrogen-bond donors (Lipinski definition) is 2. The minimum atomic E-state index is -0.00842. The SMILES string of the molecule is CCCC(C)C(=O)N1CCCC(CNC(=O)C2CCCN2)C1.Cl. The Morgan fingerprint density at radius 1 is 1.30 bits per heavy atom. The lowest BCUT2D eigenvalue weighted by molar-refractivity contribution is -0.137. The Hall–Kier alpha value is -0.810. The van der Waals surface area contributed by atoms with Gasteiger partial charge in [-0.25, -0.2) is 0 Å². The molecule has 2 rings (SSSR count). The second kappa shape index (κ2) is 10.1. The van der Waals surface area contributed by atoms with E-state index in [9.17, 15) is 9.59 Å². The fourth-order valence-electron chi connectivity index (χ4n) is 3.58. The van der Waals surface area contributed by atoms with E-state index in [1.807, 2.05) is 11.8 Å². The minimum Gasteiger partial charge on any atom is -0.354 e. The van der Waals surface area contributed by atoms with Gasteiger partial charge in [0.05, 0.1) is 6.04 Å². The second-order valence-electron chi connectivity index (χ2n) is 6.88. The van der Waals surface area contributed by atoms with Gasteiger partial charge in [0.1, 0.15) is 0 Å². The summed E-state index contributed by atoms with van der Waals surface area (Å²) in [6.45, 7) is 7.47. The zero-order valence-corrected chi connectivity index (χ0v) is 15.3. The highest BCUT2D eigenvalue weighted by Gasteiger charge is 2.27. The highest BCUT2D eigenvalue weighted by atomic mass is 35.5. The number of piperidine rings is 1. The first-order chi connectivity index (χ1) is 10.6. The average Bonchev–Trinajstić information content (AvgIpc) is 3.07. The predicted molar refractivity (Wildman–Crippen MR) is 94.7 cm³/mol. The van der Waals surface area contributed by atoms with Gasteiger partial charge in [-0.2, -0.15) is 0 Å². The van der Waals surface area contributed by atoms with Crippen molar-refractivity contribution in [2.24, 2.45) is 11.8 Å². The summed E-state index contributed by atoms with van der Waals surface area (Å²) in [5, 5.41) is 6.29. The Bertz CT molecular complexity index is 386. The minimum absolute atomic E-state index is 0. The molecule has 0 aromatic rings. The number of rotatable bonds is 6. The molecular formula is C17H32ClN3O2. The monoisotopic (exact) mass is 345 g/mol. The third kappa shape index (κ3) is 5.96. The van der Waals surface area contributed by atoms with Gasteiger partial charge in [0.15, 0.2) is 0 Å². The average molecular weight is 346 g/mol. The Kier molecular flexibility index (Phi) is 8.92. The Labute approximate surface area is 146 Å². The van der Waals surface area contributed by atoms with Crippen LogP contribution in [0.2, 0.25) is 0 Å². The largest absolute Gasteiger partial charge is 0.354 e. The van der Waals surface area contributed by atoms with Crippen molar-refractivity contribution in [3.63, 3.8) is 0 Å². The fraction of sp³-hybridized carbons (Fsp3) is 0.882. The molecular weight excluding hydrogens is 314 g/mol.